The molecule has 0 aliphatic heterocycles. The number of rotatable bonds is 4. The summed E-state index contributed by atoms with van der Waals surface area (Å²) in [5, 5.41) is 7.03. The van der Waals surface area contributed by atoms with Gasteiger partial charge in [0.2, 0.25) is 0 Å². The van der Waals surface area contributed by atoms with Gasteiger partial charge in [-0.1, -0.05) is 13.8 Å². The number of carbonyl (C=O) groups is 1. The molecule has 0 bridgehead atoms. The zero-order valence-corrected chi connectivity index (χ0v) is 9.47. The van der Waals surface area contributed by atoms with Crippen molar-refractivity contribution in [2.45, 2.75) is 20.8 Å². The van der Waals surface area contributed by atoms with Crippen molar-refractivity contribution in [1.82, 2.24) is 0 Å². The van der Waals surface area contributed by atoms with Gasteiger partial charge >= 0.3 is 7.60 Å². The molecule has 0 aliphatic rings. The lowest BCUT2D eigenvalue weighted by Gasteiger charge is -2.11. The standard InChI is InChI=1S/C5H10NO4P.C2H6/c1-4(7)5(6)11(8,9-2)10-3;1-2/h6H,1-3H3;1-2H3. The monoisotopic (exact) mass is 209 g/mol. The molecule has 0 atom stereocenters. The predicted molar refractivity (Wildman–Crippen MR) is 51.4 cm³/mol. The molecule has 0 heterocycles. The van der Waals surface area contributed by atoms with Crippen molar-refractivity contribution in [3.8, 4) is 0 Å². The van der Waals surface area contributed by atoms with E-state index < -0.39 is 18.8 Å². The van der Waals surface area contributed by atoms with Crippen LogP contribution in [0.1, 0.15) is 20.8 Å². The minimum atomic E-state index is -3.59. The Kier molecular flexibility index (Phi) is 8.01. The van der Waals surface area contributed by atoms with Gasteiger partial charge in [0.1, 0.15) is 0 Å². The fourth-order valence-corrected chi connectivity index (χ4v) is 1.35. The van der Waals surface area contributed by atoms with E-state index in [1.54, 1.807) is 0 Å². The van der Waals surface area contributed by atoms with Crippen LogP contribution < -0.4 is 0 Å². The van der Waals surface area contributed by atoms with E-state index in [-0.39, 0.29) is 0 Å². The Bertz CT molecular complexity index is 219. The fourth-order valence-electron chi connectivity index (χ4n) is 0.450. The van der Waals surface area contributed by atoms with E-state index in [2.05, 4.69) is 9.05 Å². The SMILES string of the molecule is CC.COP(=O)(OC)C(=N)C(C)=O. The molecule has 0 unspecified atom stereocenters. The molecule has 0 aromatic rings. The molecule has 0 saturated carbocycles. The van der Waals surface area contributed by atoms with Crippen molar-refractivity contribution in [2.24, 2.45) is 0 Å². The average Bonchev–Trinajstić information content (AvgIpc) is 2.18. The van der Waals surface area contributed by atoms with Gasteiger partial charge in [-0.15, -0.1) is 0 Å². The number of hydrogen-bond donors (Lipinski definition) is 1. The lowest BCUT2D eigenvalue weighted by molar-refractivity contribution is -0.110. The summed E-state index contributed by atoms with van der Waals surface area (Å²) in [6.45, 7) is 5.13. The number of carbonyl (C=O) groups excluding carboxylic acids is 1. The second-order valence-corrected chi connectivity index (χ2v) is 3.94. The van der Waals surface area contributed by atoms with Crippen molar-refractivity contribution in [1.29, 1.82) is 5.41 Å². The lowest BCUT2D eigenvalue weighted by atomic mass is 10.5. The van der Waals surface area contributed by atoms with Gasteiger partial charge in [-0.2, -0.15) is 0 Å². The smallest absolute Gasteiger partial charge is 0.307 e. The Morgan fingerprint density at radius 3 is 1.62 bits per heavy atom. The first-order chi connectivity index (χ1) is 5.98. The molecule has 5 nitrogen and oxygen atoms in total. The molecule has 0 spiro atoms. The van der Waals surface area contributed by atoms with E-state index in [1.165, 1.54) is 0 Å². The topological polar surface area (TPSA) is 76.5 Å². The van der Waals surface area contributed by atoms with Gasteiger partial charge in [0, 0.05) is 21.1 Å². The highest BCUT2D eigenvalue weighted by molar-refractivity contribution is 7.75. The number of nitrogens with one attached hydrogen (secondary N) is 1. The van der Waals surface area contributed by atoms with Crippen LogP contribution in [0.4, 0.5) is 0 Å². The molecule has 6 heteroatoms. The molecular formula is C7H16NO4P. The molecule has 0 aromatic heterocycles. The summed E-state index contributed by atoms with van der Waals surface area (Å²) in [5.74, 6) is -0.614. The summed E-state index contributed by atoms with van der Waals surface area (Å²) >= 11 is 0. The van der Waals surface area contributed by atoms with Crippen LogP contribution in [0.2, 0.25) is 0 Å². The van der Waals surface area contributed by atoms with Crippen LogP contribution in [0.3, 0.4) is 0 Å². The highest BCUT2D eigenvalue weighted by Crippen LogP contribution is 2.47. The summed E-state index contributed by atoms with van der Waals surface area (Å²) in [6.07, 6.45) is 0. The van der Waals surface area contributed by atoms with Gasteiger partial charge in [0.05, 0.1) is 0 Å². The van der Waals surface area contributed by atoms with Crippen LogP contribution in [0, 0.1) is 5.41 Å². The molecule has 0 fully saturated rings. The van der Waals surface area contributed by atoms with E-state index >= 15 is 0 Å². The van der Waals surface area contributed by atoms with Gasteiger partial charge in [-0.05, 0) is 0 Å². The number of Topliss-reactive ketones (excluding diaryl/α,β-unsaturated/α-hetero) is 1. The van der Waals surface area contributed by atoms with Crippen LogP contribution in [0.25, 0.3) is 0 Å². The Balaban J connectivity index is 0. The van der Waals surface area contributed by atoms with Crippen molar-refractivity contribution in [2.75, 3.05) is 14.2 Å². The van der Waals surface area contributed by atoms with Crippen LogP contribution in [0.15, 0.2) is 0 Å². The van der Waals surface area contributed by atoms with Crippen molar-refractivity contribution in [3.05, 3.63) is 0 Å². The van der Waals surface area contributed by atoms with Crippen molar-refractivity contribution >= 4 is 18.8 Å². The average molecular weight is 209 g/mol. The third-order valence-electron chi connectivity index (χ3n) is 1.09. The normalized spacial score (nSPS) is 9.92. The van der Waals surface area contributed by atoms with E-state index in [1.807, 2.05) is 13.8 Å². The van der Waals surface area contributed by atoms with Crippen LogP contribution in [-0.4, -0.2) is 25.5 Å². The van der Waals surface area contributed by atoms with Gasteiger partial charge < -0.3 is 9.05 Å². The first-order valence-electron chi connectivity index (χ1n) is 3.79. The van der Waals surface area contributed by atoms with Crippen LogP contribution in [-0.2, 0) is 18.4 Å². The molecule has 0 rings (SSSR count). The molecule has 0 amide bonds. The molecule has 1 N–H and O–H groups in total. The maximum Gasteiger partial charge on any atom is 0.382 e. The Morgan fingerprint density at radius 2 is 1.54 bits per heavy atom. The van der Waals surface area contributed by atoms with E-state index in [4.69, 9.17) is 5.41 Å². The molecule has 13 heavy (non-hydrogen) atoms. The third-order valence-corrected chi connectivity index (χ3v) is 2.91. The third kappa shape index (κ3) is 4.31. The molecule has 78 valence electrons. The second-order valence-electron chi connectivity index (χ2n) is 1.77. The highest BCUT2D eigenvalue weighted by atomic mass is 31.2. The van der Waals surface area contributed by atoms with E-state index in [0.717, 1.165) is 21.1 Å². The lowest BCUT2D eigenvalue weighted by Crippen LogP contribution is -2.11. The highest BCUT2D eigenvalue weighted by Gasteiger charge is 2.31. The summed E-state index contributed by atoms with van der Waals surface area (Å²) < 4.78 is 20.0. The van der Waals surface area contributed by atoms with Gasteiger partial charge in [0.25, 0.3) is 0 Å². The minimum absolute atomic E-state index is 0.614. The van der Waals surface area contributed by atoms with Crippen LogP contribution >= 0.6 is 7.60 Å². The first-order valence-corrected chi connectivity index (χ1v) is 5.33. The quantitative estimate of drug-likeness (QED) is 0.568. The summed E-state index contributed by atoms with van der Waals surface area (Å²) in [5.41, 5.74) is -0.623. The maximum absolute atomic E-state index is 11.2. The molecule has 0 aromatic carbocycles. The van der Waals surface area contributed by atoms with Gasteiger partial charge in [-0.3, -0.25) is 14.8 Å². The Hall–Kier alpha value is -0.510. The zero-order chi connectivity index (χ0) is 11.1. The maximum atomic E-state index is 11.2. The second kappa shape index (κ2) is 6.95. The first kappa shape index (κ1) is 15.0. The van der Waals surface area contributed by atoms with Crippen LogP contribution in [0.5, 0.6) is 0 Å². The van der Waals surface area contributed by atoms with Gasteiger partial charge in [-0.25, -0.2) is 0 Å². The number of ketones is 1. The van der Waals surface area contributed by atoms with E-state index in [0.29, 0.717) is 0 Å². The Labute approximate surface area is 78.5 Å². The fraction of sp³-hybridized carbons (Fsp3) is 0.714. The largest absolute Gasteiger partial charge is 0.382 e. The van der Waals surface area contributed by atoms with Crippen molar-refractivity contribution in [3.63, 3.8) is 0 Å². The summed E-state index contributed by atoms with van der Waals surface area (Å²) in [4.78, 5) is 10.6. The Morgan fingerprint density at radius 1 is 1.23 bits per heavy atom. The summed E-state index contributed by atoms with van der Waals surface area (Å²) in [7, 11) is -1.34. The number of hydrogen-bond acceptors (Lipinski definition) is 5. The van der Waals surface area contributed by atoms with Gasteiger partial charge in [0.15, 0.2) is 11.2 Å². The molecular weight excluding hydrogens is 193 g/mol. The summed E-state index contributed by atoms with van der Waals surface area (Å²) in [6, 6.07) is 0. The predicted octanol–water partition coefficient (Wildman–Crippen LogP) is 2.06. The minimum Gasteiger partial charge on any atom is -0.307 e. The molecule has 0 saturated heterocycles. The zero-order valence-electron chi connectivity index (χ0n) is 8.58. The van der Waals surface area contributed by atoms with E-state index in [9.17, 15) is 9.36 Å². The molecule has 0 radical (unpaired) electrons. The van der Waals surface area contributed by atoms with Crippen molar-refractivity contribution < 1.29 is 18.4 Å². The molecule has 0 aliphatic carbocycles.